The van der Waals surface area contributed by atoms with Gasteiger partial charge in [0.1, 0.15) is 5.75 Å². The summed E-state index contributed by atoms with van der Waals surface area (Å²) in [6.45, 7) is 2.15. The van der Waals surface area contributed by atoms with Crippen LogP contribution in [0, 0.1) is 0 Å². The highest BCUT2D eigenvalue weighted by molar-refractivity contribution is 5.66. The average molecular weight is 262 g/mol. The van der Waals surface area contributed by atoms with Crippen molar-refractivity contribution in [1.29, 1.82) is 0 Å². The van der Waals surface area contributed by atoms with Crippen molar-refractivity contribution in [3.8, 4) is 5.75 Å². The topological polar surface area (TPSA) is 46.5 Å². The zero-order valence-electron chi connectivity index (χ0n) is 11.7. The molecule has 0 atom stereocenters. The van der Waals surface area contributed by atoms with Crippen LogP contribution >= 0.6 is 0 Å². The fourth-order valence-corrected chi connectivity index (χ4v) is 2.03. The number of carboxylic acids is 1. The number of hydrogen-bond donors (Lipinski definition) is 1. The van der Waals surface area contributed by atoms with Gasteiger partial charge in [-0.3, -0.25) is 4.79 Å². The van der Waals surface area contributed by atoms with E-state index in [1.54, 1.807) is 7.11 Å². The van der Waals surface area contributed by atoms with Crippen molar-refractivity contribution in [1.82, 2.24) is 0 Å². The molecular formula is C16H22O3. The second-order valence-corrected chi connectivity index (χ2v) is 4.47. The molecule has 0 aliphatic rings. The molecule has 0 aliphatic carbocycles. The third-order valence-electron chi connectivity index (χ3n) is 2.95. The quantitative estimate of drug-likeness (QED) is 0.722. The molecule has 104 valence electrons. The van der Waals surface area contributed by atoms with Crippen LogP contribution in [0.3, 0.4) is 0 Å². The number of methoxy groups -OCH3 is 1. The maximum Gasteiger partial charge on any atom is 0.303 e. The molecule has 1 aromatic carbocycles. The summed E-state index contributed by atoms with van der Waals surface area (Å²) in [6.07, 6.45) is 7.85. The molecule has 19 heavy (non-hydrogen) atoms. The van der Waals surface area contributed by atoms with Crippen molar-refractivity contribution >= 4 is 12.0 Å². The number of ether oxygens (including phenoxy) is 1. The van der Waals surface area contributed by atoms with Crippen molar-refractivity contribution in [2.24, 2.45) is 0 Å². The lowest BCUT2D eigenvalue weighted by Gasteiger charge is -2.10. The van der Waals surface area contributed by atoms with Crippen molar-refractivity contribution in [3.63, 3.8) is 0 Å². The van der Waals surface area contributed by atoms with Gasteiger partial charge in [0.15, 0.2) is 0 Å². The van der Waals surface area contributed by atoms with Crippen LogP contribution in [0.15, 0.2) is 24.3 Å². The average Bonchev–Trinajstić information content (AvgIpc) is 2.39. The minimum Gasteiger partial charge on any atom is -0.496 e. The van der Waals surface area contributed by atoms with Gasteiger partial charge in [0.25, 0.3) is 0 Å². The SMILES string of the molecule is CCCc1c(C=CCCCC(=O)O)cccc1OC. The first-order valence-corrected chi connectivity index (χ1v) is 6.73. The first kappa shape index (κ1) is 15.3. The smallest absolute Gasteiger partial charge is 0.303 e. The lowest BCUT2D eigenvalue weighted by atomic mass is 10.0. The zero-order valence-corrected chi connectivity index (χ0v) is 11.7. The standard InChI is InChI=1S/C16H22O3/c1-3-8-14-13(10-7-11-15(14)19-2)9-5-4-6-12-16(17)18/h5,7,9-11H,3-4,6,8,12H2,1-2H3,(H,17,18). The molecule has 1 N–H and O–H groups in total. The summed E-state index contributed by atoms with van der Waals surface area (Å²) in [5, 5.41) is 8.57. The molecule has 3 heteroatoms. The van der Waals surface area contributed by atoms with Crippen molar-refractivity contribution < 1.29 is 14.6 Å². The second-order valence-electron chi connectivity index (χ2n) is 4.47. The lowest BCUT2D eigenvalue weighted by Crippen LogP contribution is -1.95. The highest BCUT2D eigenvalue weighted by Gasteiger charge is 2.05. The number of rotatable bonds is 8. The number of carbonyl (C=O) groups is 1. The summed E-state index contributed by atoms with van der Waals surface area (Å²) < 4.78 is 5.39. The number of carboxylic acid groups (broad SMARTS) is 1. The number of unbranched alkanes of at least 4 members (excludes halogenated alkanes) is 1. The van der Waals surface area contributed by atoms with Gasteiger partial charge in [-0.1, -0.05) is 37.6 Å². The van der Waals surface area contributed by atoms with Crippen LogP contribution in [-0.4, -0.2) is 18.2 Å². The predicted octanol–water partition coefficient (Wildman–Crippen LogP) is 3.92. The molecule has 0 radical (unpaired) electrons. The Morgan fingerprint density at radius 3 is 2.84 bits per heavy atom. The van der Waals surface area contributed by atoms with E-state index in [9.17, 15) is 4.79 Å². The highest BCUT2D eigenvalue weighted by atomic mass is 16.5. The van der Waals surface area contributed by atoms with E-state index in [0.717, 1.165) is 30.6 Å². The molecule has 0 unspecified atom stereocenters. The summed E-state index contributed by atoms with van der Waals surface area (Å²) in [4.78, 5) is 10.4. The van der Waals surface area contributed by atoms with Crippen LogP contribution in [0.2, 0.25) is 0 Å². The lowest BCUT2D eigenvalue weighted by molar-refractivity contribution is -0.137. The van der Waals surface area contributed by atoms with Crippen LogP contribution in [0.4, 0.5) is 0 Å². The zero-order chi connectivity index (χ0) is 14.1. The minimum absolute atomic E-state index is 0.226. The first-order chi connectivity index (χ1) is 9.19. The maximum atomic E-state index is 10.4. The molecule has 0 fully saturated rings. The molecule has 0 amide bonds. The van der Waals surface area contributed by atoms with Crippen LogP contribution in [0.5, 0.6) is 5.75 Å². The Bertz CT molecular complexity index is 436. The molecule has 0 spiro atoms. The normalized spacial score (nSPS) is 10.8. The van der Waals surface area contributed by atoms with Gasteiger partial charge >= 0.3 is 5.97 Å². The van der Waals surface area contributed by atoms with Crippen molar-refractivity contribution in [3.05, 3.63) is 35.4 Å². The Labute approximate surface area is 114 Å². The number of allylic oxidation sites excluding steroid dienone is 1. The van der Waals surface area contributed by atoms with Gasteiger partial charge in [0.05, 0.1) is 7.11 Å². The highest BCUT2D eigenvalue weighted by Crippen LogP contribution is 2.25. The van der Waals surface area contributed by atoms with E-state index in [-0.39, 0.29) is 6.42 Å². The van der Waals surface area contributed by atoms with Crippen molar-refractivity contribution in [2.45, 2.75) is 39.0 Å². The molecule has 3 nitrogen and oxygen atoms in total. The summed E-state index contributed by atoms with van der Waals surface area (Å²) >= 11 is 0. The summed E-state index contributed by atoms with van der Waals surface area (Å²) in [5.74, 6) is 0.191. The number of benzene rings is 1. The van der Waals surface area contributed by atoms with Crippen LogP contribution in [-0.2, 0) is 11.2 Å². The minimum atomic E-state index is -0.735. The fraction of sp³-hybridized carbons (Fsp3) is 0.438. The molecule has 0 saturated heterocycles. The monoisotopic (exact) mass is 262 g/mol. The molecule has 0 bridgehead atoms. The van der Waals surface area contributed by atoms with Gasteiger partial charge in [0.2, 0.25) is 0 Å². The van der Waals surface area contributed by atoms with Crippen LogP contribution < -0.4 is 4.74 Å². The summed E-state index contributed by atoms with van der Waals surface area (Å²) in [6, 6.07) is 6.03. The van der Waals surface area contributed by atoms with Crippen LogP contribution in [0.25, 0.3) is 6.08 Å². The Hall–Kier alpha value is -1.77. The number of hydrogen-bond acceptors (Lipinski definition) is 2. The third kappa shape index (κ3) is 5.16. The van der Waals surface area contributed by atoms with Gasteiger partial charge in [-0.05, 0) is 30.9 Å². The second kappa shape index (κ2) is 8.35. The molecule has 1 rings (SSSR count). The number of aliphatic carboxylic acids is 1. The molecule has 0 aliphatic heterocycles. The molecule has 1 aromatic rings. The maximum absolute atomic E-state index is 10.4. The largest absolute Gasteiger partial charge is 0.496 e. The Balaban J connectivity index is 2.70. The molecule has 0 heterocycles. The molecule has 0 aromatic heterocycles. The van der Waals surface area contributed by atoms with E-state index < -0.39 is 5.97 Å². The van der Waals surface area contributed by atoms with E-state index in [2.05, 4.69) is 19.1 Å². The molecular weight excluding hydrogens is 240 g/mol. The van der Waals surface area contributed by atoms with Gasteiger partial charge < -0.3 is 9.84 Å². The van der Waals surface area contributed by atoms with Gasteiger partial charge in [0, 0.05) is 12.0 Å². The van der Waals surface area contributed by atoms with Gasteiger partial charge in [-0.2, -0.15) is 0 Å². The predicted molar refractivity (Wildman–Crippen MR) is 77.5 cm³/mol. The van der Waals surface area contributed by atoms with Gasteiger partial charge in [-0.15, -0.1) is 0 Å². The van der Waals surface area contributed by atoms with Crippen molar-refractivity contribution in [2.75, 3.05) is 7.11 Å². The first-order valence-electron chi connectivity index (χ1n) is 6.73. The fourth-order valence-electron chi connectivity index (χ4n) is 2.03. The van der Waals surface area contributed by atoms with Gasteiger partial charge in [-0.25, -0.2) is 0 Å². The molecule has 0 saturated carbocycles. The van der Waals surface area contributed by atoms with E-state index in [1.807, 2.05) is 18.2 Å². The van der Waals surface area contributed by atoms with E-state index in [4.69, 9.17) is 9.84 Å². The summed E-state index contributed by atoms with van der Waals surface area (Å²) in [5.41, 5.74) is 2.39. The van der Waals surface area contributed by atoms with E-state index >= 15 is 0 Å². The van der Waals surface area contributed by atoms with E-state index in [0.29, 0.717) is 6.42 Å². The Kier molecular flexibility index (Phi) is 6.72. The Morgan fingerprint density at radius 1 is 1.42 bits per heavy atom. The Morgan fingerprint density at radius 2 is 2.21 bits per heavy atom. The van der Waals surface area contributed by atoms with Crippen LogP contribution in [0.1, 0.15) is 43.7 Å². The summed E-state index contributed by atoms with van der Waals surface area (Å²) in [7, 11) is 1.69. The van der Waals surface area contributed by atoms with E-state index in [1.165, 1.54) is 5.56 Å². The third-order valence-corrected chi connectivity index (χ3v) is 2.95.